The Bertz CT molecular complexity index is 1250. The quantitative estimate of drug-likeness (QED) is 0.236. The number of nitro benzene ring substituents is 1. The molecule has 8 nitrogen and oxygen atoms in total. The van der Waals surface area contributed by atoms with E-state index in [0.29, 0.717) is 22.1 Å². The van der Waals surface area contributed by atoms with Crippen LogP contribution in [0.15, 0.2) is 53.6 Å². The summed E-state index contributed by atoms with van der Waals surface area (Å²) in [6, 6.07) is 12.7. The van der Waals surface area contributed by atoms with Gasteiger partial charge in [-0.25, -0.2) is 5.43 Å². The molecular formula is C24H21Cl2N3O5. The van der Waals surface area contributed by atoms with Gasteiger partial charge in [0.25, 0.3) is 11.6 Å². The normalized spacial score (nSPS) is 10.9. The summed E-state index contributed by atoms with van der Waals surface area (Å²) in [6.07, 6.45) is 1.46. The number of nitrogens with one attached hydrogen (secondary N) is 1. The molecule has 1 N–H and O–H groups in total. The van der Waals surface area contributed by atoms with Crippen LogP contribution in [0.3, 0.4) is 0 Å². The number of hydrogen-bond acceptors (Lipinski definition) is 6. The smallest absolute Gasteiger partial charge is 0.272 e. The summed E-state index contributed by atoms with van der Waals surface area (Å²) in [5.41, 5.74) is 5.55. The summed E-state index contributed by atoms with van der Waals surface area (Å²) in [4.78, 5) is 22.5. The number of nitrogens with zero attached hydrogens (tertiary/aromatic N) is 2. The molecule has 3 rings (SSSR count). The summed E-state index contributed by atoms with van der Waals surface area (Å²) in [7, 11) is 1.57. The highest BCUT2D eigenvalue weighted by atomic mass is 35.5. The highest BCUT2D eigenvalue weighted by Crippen LogP contribution is 2.28. The maximum absolute atomic E-state index is 12.3. The molecule has 0 unspecified atom stereocenters. The molecule has 0 fully saturated rings. The molecule has 0 bridgehead atoms. The lowest BCUT2D eigenvalue weighted by Crippen LogP contribution is -2.18. The molecule has 0 saturated heterocycles. The van der Waals surface area contributed by atoms with Crippen LogP contribution in [-0.4, -0.2) is 24.2 Å². The molecule has 176 valence electrons. The molecule has 0 aliphatic heterocycles. The zero-order chi connectivity index (χ0) is 24.8. The number of nitro groups is 1. The van der Waals surface area contributed by atoms with Gasteiger partial charge in [-0.2, -0.15) is 5.10 Å². The summed E-state index contributed by atoms with van der Waals surface area (Å²) in [6.45, 7) is 4.08. The Hall–Kier alpha value is -3.62. The first-order chi connectivity index (χ1) is 16.2. The second-order valence-corrected chi connectivity index (χ2v) is 8.14. The van der Waals surface area contributed by atoms with Crippen molar-refractivity contribution in [3.05, 3.63) is 96.5 Å². The Balaban J connectivity index is 1.70. The van der Waals surface area contributed by atoms with Crippen LogP contribution in [0.25, 0.3) is 0 Å². The minimum absolute atomic E-state index is 0.0431. The summed E-state index contributed by atoms with van der Waals surface area (Å²) >= 11 is 12.2. The molecule has 0 atom stereocenters. The molecule has 3 aromatic carbocycles. The van der Waals surface area contributed by atoms with Gasteiger partial charge in [0.15, 0.2) is 0 Å². The molecule has 10 heteroatoms. The first-order valence-electron chi connectivity index (χ1n) is 10.0. The van der Waals surface area contributed by atoms with Gasteiger partial charge in [0.05, 0.1) is 28.8 Å². The predicted molar refractivity (Wildman–Crippen MR) is 131 cm³/mol. The monoisotopic (exact) mass is 501 g/mol. The van der Waals surface area contributed by atoms with Gasteiger partial charge in [-0.05, 0) is 66.9 Å². The Kier molecular flexibility index (Phi) is 8.09. The largest absolute Gasteiger partial charge is 0.496 e. The maximum atomic E-state index is 12.3. The topological polar surface area (TPSA) is 103 Å². The summed E-state index contributed by atoms with van der Waals surface area (Å²) in [5.74, 6) is 0.732. The molecule has 0 aliphatic carbocycles. The molecular weight excluding hydrogens is 481 g/mol. The first kappa shape index (κ1) is 25.0. The van der Waals surface area contributed by atoms with Gasteiger partial charge >= 0.3 is 0 Å². The standard InChI is InChI=1S/C24H21Cl2N3O5/c1-14-8-19(9-15(2)23(14)26)34-13-17-10-16(4-7-22(17)33-3)12-27-28-24(30)20-6-5-18(29(31)32)11-21(20)25/h4-12H,13H2,1-3H3,(H,28,30). The molecule has 0 saturated carbocycles. The van der Waals surface area contributed by atoms with E-state index in [0.717, 1.165) is 22.8 Å². The Labute approximate surface area is 206 Å². The number of carbonyl (C=O) groups excluding carboxylic acids is 1. The van der Waals surface area contributed by atoms with Gasteiger partial charge in [-0.3, -0.25) is 14.9 Å². The van der Waals surface area contributed by atoms with E-state index in [9.17, 15) is 14.9 Å². The number of aryl methyl sites for hydroxylation is 2. The molecule has 0 aliphatic rings. The zero-order valence-corrected chi connectivity index (χ0v) is 20.1. The highest BCUT2D eigenvalue weighted by Gasteiger charge is 2.14. The lowest BCUT2D eigenvalue weighted by Gasteiger charge is -2.13. The summed E-state index contributed by atoms with van der Waals surface area (Å²) in [5, 5.41) is 15.4. The molecule has 0 radical (unpaired) electrons. The van der Waals surface area contributed by atoms with Gasteiger partial charge in [0.1, 0.15) is 18.1 Å². The average molecular weight is 502 g/mol. The fourth-order valence-electron chi connectivity index (χ4n) is 3.17. The third-order valence-corrected chi connectivity index (χ3v) is 5.81. The lowest BCUT2D eigenvalue weighted by atomic mass is 10.1. The minimum Gasteiger partial charge on any atom is -0.496 e. The van der Waals surface area contributed by atoms with Crippen LogP contribution >= 0.6 is 23.2 Å². The van der Waals surface area contributed by atoms with Gasteiger partial charge in [0.2, 0.25) is 0 Å². The van der Waals surface area contributed by atoms with Crippen molar-refractivity contribution in [3.8, 4) is 11.5 Å². The minimum atomic E-state index is -0.596. The molecule has 3 aromatic rings. The number of ether oxygens (including phenoxy) is 2. The zero-order valence-electron chi connectivity index (χ0n) is 18.6. The van der Waals surface area contributed by atoms with Crippen LogP contribution < -0.4 is 14.9 Å². The number of hydrazone groups is 1. The van der Waals surface area contributed by atoms with E-state index in [-0.39, 0.29) is 22.9 Å². The number of amides is 1. The SMILES string of the molecule is COc1ccc(C=NNC(=O)c2ccc([N+](=O)[O-])cc2Cl)cc1COc1cc(C)c(Cl)c(C)c1. The number of methoxy groups -OCH3 is 1. The third-order valence-electron chi connectivity index (χ3n) is 4.90. The number of benzene rings is 3. The van der Waals surface area contributed by atoms with Crippen LogP contribution in [-0.2, 0) is 6.61 Å². The molecule has 34 heavy (non-hydrogen) atoms. The van der Waals surface area contributed by atoms with Crippen molar-refractivity contribution in [2.75, 3.05) is 7.11 Å². The van der Waals surface area contributed by atoms with Crippen molar-refractivity contribution < 1.29 is 19.2 Å². The number of rotatable bonds is 8. The average Bonchev–Trinajstić information content (AvgIpc) is 2.80. The second kappa shape index (κ2) is 11.0. The van der Waals surface area contributed by atoms with E-state index in [2.05, 4.69) is 10.5 Å². The van der Waals surface area contributed by atoms with Gasteiger partial charge in [-0.1, -0.05) is 23.2 Å². The second-order valence-electron chi connectivity index (χ2n) is 7.35. The Morgan fingerprint density at radius 1 is 1.12 bits per heavy atom. The summed E-state index contributed by atoms with van der Waals surface area (Å²) < 4.78 is 11.3. The third kappa shape index (κ3) is 6.03. The molecule has 0 aromatic heterocycles. The van der Waals surface area contributed by atoms with E-state index >= 15 is 0 Å². The molecule has 0 heterocycles. The fourth-order valence-corrected chi connectivity index (χ4v) is 3.54. The van der Waals surface area contributed by atoms with Crippen molar-refractivity contribution in [3.63, 3.8) is 0 Å². The van der Waals surface area contributed by atoms with Crippen LogP contribution in [0.4, 0.5) is 5.69 Å². The van der Waals surface area contributed by atoms with Crippen molar-refractivity contribution in [1.29, 1.82) is 0 Å². The fraction of sp³-hybridized carbons (Fsp3) is 0.167. The van der Waals surface area contributed by atoms with Crippen LogP contribution in [0.2, 0.25) is 10.0 Å². The Morgan fingerprint density at radius 2 is 1.82 bits per heavy atom. The highest BCUT2D eigenvalue weighted by molar-refractivity contribution is 6.34. The van der Waals surface area contributed by atoms with E-state index in [1.54, 1.807) is 19.2 Å². The van der Waals surface area contributed by atoms with Crippen LogP contribution in [0.5, 0.6) is 11.5 Å². The number of non-ortho nitro benzene ring substituents is 1. The van der Waals surface area contributed by atoms with E-state index in [1.807, 2.05) is 32.0 Å². The van der Waals surface area contributed by atoms with E-state index < -0.39 is 10.8 Å². The van der Waals surface area contributed by atoms with Gasteiger partial charge in [-0.15, -0.1) is 0 Å². The van der Waals surface area contributed by atoms with Crippen LogP contribution in [0, 0.1) is 24.0 Å². The van der Waals surface area contributed by atoms with Crippen molar-refractivity contribution in [2.24, 2.45) is 5.10 Å². The van der Waals surface area contributed by atoms with E-state index in [4.69, 9.17) is 32.7 Å². The maximum Gasteiger partial charge on any atom is 0.272 e. The number of hydrogen-bond donors (Lipinski definition) is 1. The van der Waals surface area contributed by atoms with E-state index in [1.165, 1.54) is 18.3 Å². The van der Waals surface area contributed by atoms with Crippen molar-refractivity contribution in [1.82, 2.24) is 5.43 Å². The van der Waals surface area contributed by atoms with Crippen LogP contribution in [0.1, 0.15) is 32.6 Å². The first-order valence-corrected chi connectivity index (χ1v) is 10.8. The number of carbonyl (C=O) groups is 1. The lowest BCUT2D eigenvalue weighted by molar-refractivity contribution is -0.384. The molecule has 0 spiro atoms. The number of halogens is 2. The molecule has 1 amide bonds. The predicted octanol–water partition coefficient (Wildman–Crippen LogP) is 5.87. The van der Waals surface area contributed by atoms with Gasteiger partial charge in [0, 0.05) is 22.7 Å². The Morgan fingerprint density at radius 3 is 2.44 bits per heavy atom. The van der Waals surface area contributed by atoms with Gasteiger partial charge < -0.3 is 9.47 Å². The van der Waals surface area contributed by atoms with Crippen molar-refractivity contribution in [2.45, 2.75) is 20.5 Å². The van der Waals surface area contributed by atoms with Crippen molar-refractivity contribution >= 4 is 41.0 Å².